The zero-order chi connectivity index (χ0) is 14.4. The van der Waals surface area contributed by atoms with E-state index in [-0.39, 0.29) is 11.9 Å². The van der Waals surface area contributed by atoms with E-state index in [2.05, 4.69) is 11.4 Å². The lowest BCUT2D eigenvalue weighted by Gasteiger charge is -2.20. The molecule has 20 heavy (non-hydrogen) atoms. The second-order valence-corrected chi connectivity index (χ2v) is 5.29. The minimum atomic E-state index is -0.574. The van der Waals surface area contributed by atoms with Crippen LogP contribution >= 0.6 is 0 Å². The number of nitrogens with one attached hydrogen (secondary N) is 1. The lowest BCUT2D eigenvalue weighted by molar-refractivity contribution is 0.144. The van der Waals surface area contributed by atoms with Crippen molar-refractivity contribution in [3.8, 4) is 0 Å². The van der Waals surface area contributed by atoms with Gasteiger partial charge in [0.1, 0.15) is 5.82 Å². The Morgan fingerprint density at radius 1 is 1.35 bits per heavy atom. The molecule has 0 bridgehead atoms. The largest absolute Gasteiger partial charge is 0.388 e. The Morgan fingerprint density at radius 3 is 2.75 bits per heavy atom. The van der Waals surface area contributed by atoms with Crippen molar-refractivity contribution in [3.63, 3.8) is 0 Å². The van der Waals surface area contributed by atoms with E-state index in [9.17, 15) is 9.50 Å². The summed E-state index contributed by atoms with van der Waals surface area (Å²) in [4.78, 5) is 0. The molecule has 1 aliphatic heterocycles. The van der Waals surface area contributed by atoms with Gasteiger partial charge in [0.15, 0.2) is 0 Å². The molecule has 0 spiro atoms. The minimum Gasteiger partial charge on any atom is -0.388 e. The van der Waals surface area contributed by atoms with Crippen molar-refractivity contribution < 1.29 is 14.2 Å². The fraction of sp³-hybridized carbons (Fsp3) is 0.500. The minimum absolute atomic E-state index is 0.179. The molecule has 2 atom stereocenters. The number of rotatable bonds is 6. The van der Waals surface area contributed by atoms with Crippen LogP contribution in [0.4, 0.5) is 4.39 Å². The third-order valence-corrected chi connectivity index (χ3v) is 3.49. The average Bonchev–Trinajstić information content (AvgIpc) is 2.47. The van der Waals surface area contributed by atoms with Crippen LogP contribution in [-0.2, 0) is 4.74 Å². The molecule has 1 aromatic carbocycles. The van der Waals surface area contributed by atoms with Crippen molar-refractivity contribution in [3.05, 3.63) is 47.3 Å². The molecule has 1 aromatic rings. The average molecular weight is 279 g/mol. The van der Waals surface area contributed by atoms with E-state index in [1.165, 1.54) is 17.7 Å². The second kappa shape index (κ2) is 7.53. The molecule has 1 heterocycles. The van der Waals surface area contributed by atoms with Crippen molar-refractivity contribution in [2.24, 2.45) is 0 Å². The number of aliphatic hydroxyl groups excluding tert-OH is 1. The van der Waals surface area contributed by atoms with Crippen LogP contribution in [-0.4, -0.2) is 30.9 Å². The van der Waals surface area contributed by atoms with Crippen LogP contribution in [0, 0.1) is 5.82 Å². The first kappa shape index (κ1) is 15.2. The van der Waals surface area contributed by atoms with Gasteiger partial charge >= 0.3 is 0 Å². The molecule has 3 nitrogen and oxygen atoms in total. The molecule has 0 radical (unpaired) electrons. The van der Waals surface area contributed by atoms with Crippen molar-refractivity contribution >= 4 is 0 Å². The Labute approximate surface area is 119 Å². The normalized spacial score (nSPS) is 18.4. The maximum absolute atomic E-state index is 12.8. The van der Waals surface area contributed by atoms with Gasteiger partial charge < -0.3 is 15.2 Å². The molecule has 2 N–H and O–H groups in total. The SMILES string of the molecule is CC(CC(O)c1ccc(F)cc1)NCC1=CCCOC1. The van der Waals surface area contributed by atoms with Crippen LogP contribution in [0.3, 0.4) is 0 Å². The highest BCUT2D eigenvalue weighted by Crippen LogP contribution is 2.18. The Morgan fingerprint density at radius 2 is 2.10 bits per heavy atom. The lowest BCUT2D eigenvalue weighted by Crippen LogP contribution is -2.31. The number of aliphatic hydroxyl groups is 1. The third-order valence-electron chi connectivity index (χ3n) is 3.49. The number of hydrogen-bond acceptors (Lipinski definition) is 3. The van der Waals surface area contributed by atoms with E-state index in [4.69, 9.17) is 4.74 Å². The molecule has 0 fully saturated rings. The summed E-state index contributed by atoms with van der Waals surface area (Å²) in [5.41, 5.74) is 2.01. The van der Waals surface area contributed by atoms with E-state index in [0.29, 0.717) is 13.0 Å². The quantitative estimate of drug-likeness (QED) is 0.786. The first-order chi connectivity index (χ1) is 9.65. The van der Waals surface area contributed by atoms with Crippen molar-refractivity contribution in [1.29, 1.82) is 0 Å². The smallest absolute Gasteiger partial charge is 0.123 e. The van der Waals surface area contributed by atoms with Crippen LogP contribution in [0.25, 0.3) is 0 Å². The Kier molecular flexibility index (Phi) is 5.71. The lowest BCUT2D eigenvalue weighted by atomic mass is 10.0. The summed E-state index contributed by atoms with van der Waals surface area (Å²) >= 11 is 0. The molecule has 4 heteroatoms. The number of benzene rings is 1. The van der Waals surface area contributed by atoms with Gasteiger partial charge in [-0.3, -0.25) is 0 Å². The number of hydrogen-bond donors (Lipinski definition) is 2. The summed E-state index contributed by atoms with van der Waals surface area (Å²) in [6, 6.07) is 6.19. The summed E-state index contributed by atoms with van der Waals surface area (Å²) in [6.45, 7) is 4.33. The second-order valence-electron chi connectivity index (χ2n) is 5.29. The molecule has 0 saturated carbocycles. The summed E-state index contributed by atoms with van der Waals surface area (Å²) in [5, 5.41) is 13.5. The number of ether oxygens (including phenoxy) is 1. The molecule has 0 amide bonds. The first-order valence-electron chi connectivity index (χ1n) is 7.07. The molecule has 0 aromatic heterocycles. The van der Waals surface area contributed by atoms with E-state index in [1.807, 2.05) is 6.92 Å². The zero-order valence-corrected chi connectivity index (χ0v) is 11.8. The fourth-order valence-corrected chi connectivity index (χ4v) is 2.28. The monoisotopic (exact) mass is 279 g/mol. The highest BCUT2D eigenvalue weighted by molar-refractivity contribution is 5.18. The summed E-state index contributed by atoms with van der Waals surface area (Å²) in [7, 11) is 0. The van der Waals surface area contributed by atoms with E-state index in [1.54, 1.807) is 12.1 Å². The van der Waals surface area contributed by atoms with Gasteiger partial charge in [0.25, 0.3) is 0 Å². The molecule has 2 rings (SSSR count). The van der Waals surface area contributed by atoms with Crippen molar-refractivity contribution in [2.75, 3.05) is 19.8 Å². The van der Waals surface area contributed by atoms with Crippen LogP contribution < -0.4 is 5.32 Å². The molecule has 0 aliphatic carbocycles. The maximum Gasteiger partial charge on any atom is 0.123 e. The van der Waals surface area contributed by atoms with E-state index < -0.39 is 6.10 Å². The van der Waals surface area contributed by atoms with Crippen LogP contribution in [0.1, 0.15) is 31.4 Å². The first-order valence-corrected chi connectivity index (χ1v) is 7.07. The Bertz CT molecular complexity index is 444. The van der Waals surface area contributed by atoms with E-state index >= 15 is 0 Å². The van der Waals surface area contributed by atoms with Gasteiger partial charge in [-0.05, 0) is 43.0 Å². The van der Waals surface area contributed by atoms with Gasteiger partial charge in [-0.2, -0.15) is 0 Å². The van der Waals surface area contributed by atoms with E-state index in [0.717, 1.165) is 25.1 Å². The summed E-state index contributed by atoms with van der Waals surface area (Å²) < 4.78 is 18.2. The molecular formula is C16H22FNO2. The highest BCUT2D eigenvalue weighted by Gasteiger charge is 2.13. The van der Waals surface area contributed by atoms with Crippen LogP contribution in [0.15, 0.2) is 35.9 Å². The van der Waals surface area contributed by atoms with Crippen LogP contribution in [0.2, 0.25) is 0 Å². The molecule has 0 saturated heterocycles. The molecule has 110 valence electrons. The Balaban J connectivity index is 1.77. The van der Waals surface area contributed by atoms with Gasteiger partial charge in [0, 0.05) is 12.6 Å². The highest BCUT2D eigenvalue weighted by atomic mass is 19.1. The van der Waals surface area contributed by atoms with Crippen molar-refractivity contribution in [2.45, 2.75) is 31.9 Å². The molecular weight excluding hydrogens is 257 g/mol. The predicted molar refractivity (Wildman–Crippen MR) is 77.0 cm³/mol. The maximum atomic E-state index is 12.8. The standard InChI is InChI=1S/C16H22FNO2/c1-12(18-10-13-3-2-8-20-11-13)9-16(19)14-4-6-15(17)7-5-14/h3-7,12,16,18-19H,2,8-11H2,1H3. The Hall–Kier alpha value is -1.23. The summed E-state index contributed by atoms with van der Waals surface area (Å²) in [5.74, 6) is -0.281. The molecule has 2 unspecified atom stereocenters. The van der Waals surface area contributed by atoms with Gasteiger partial charge in [-0.15, -0.1) is 0 Å². The fourth-order valence-electron chi connectivity index (χ4n) is 2.28. The zero-order valence-electron chi connectivity index (χ0n) is 11.8. The summed E-state index contributed by atoms with van der Waals surface area (Å²) in [6.07, 6.45) is 3.21. The van der Waals surface area contributed by atoms with Gasteiger partial charge in [-0.1, -0.05) is 18.2 Å². The third kappa shape index (κ3) is 4.71. The van der Waals surface area contributed by atoms with Gasteiger partial charge in [0.05, 0.1) is 19.3 Å². The topological polar surface area (TPSA) is 41.5 Å². The van der Waals surface area contributed by atoms with Gasteiger partial charge in [-0.25, -0.2) is 4.39 Å². The van der Waals surface area contributed by atoms with Crippen LogP contribution in [0.5, 0.6) is 0 Å². The predicted octanol–water partition coefficient (Wildman–Crippen LogP) is 2.57. The van der Waals surface area contributed by atoms with Crippen molar-refractivity contribution in [1.82, 2.24) is 5.32 Å². The number of halogens is 1. The molecule has 1 aliphatic rings. The van der Waals surface area contributed by atoms with Gasteiger partial charge in [0.2, 0.25) is 0 Å².